The van der Waals surface area contributed by atoms with Gasteiger partial charge in [-0.1, -0.05) is 51.9 Å². The van der Waals surface area contributed by atoms with E-state index in [4.69, 9.17) is 0 Å². The molecule has 4 fully saturated rings. The van der Waals surface area contributed by atoms with Gasteiger partial charge in [-0.25, -0.2) is 0 Å². The maximum Gasteiger partial charge on any atom is 0.227 e. The molecule has 4 unspecified atom stereocenters. The summed E-state index contributed by atoms with van der Waals surface area (Å²) in [5.41, 5.74) is -0.716. The van der Waals surface area contributed by atoms with Crippen molar-refractivity contribution in [3.05, 3.63) is 0 Å². The molecule has 4 bridgehead atoms. The van der Waals surface area contributed by atoms with Gasteiger partial charge in [0.2, 0.25) is 11.8 Å². The van der Waals surface area contributed by atoms with Gasteiger partial charge in [-0.2, -0.15) is 0 Å². The molecule has 0 heterocycles. The van der Waals surface area contributed by atoms with Gasteiger partial charge in [0.25, 0.3) is 0 Å². The van der Waals surface area contributed by atoms with E-state index in [2.05, 4.69) is 62.5 Å². The molecule has 4 aliphatic rings. The van der Waals surface area contributed by atoms with Crippen LogP contribution >= 0.6 is 0 Å². The summed E-state index contributed by atoms with van der Waals surface area (Å²) in [7, 11) is 0. The van der Waals surface area contributed by atoms with Crippen molar-refractivity contribution in [3.8, 4) is 0 Å². The Kier molecular flexibility index (Phi) is 5.23. The van der Waals surface area contributed by atoms with Gasteiger partial charge in [-0.15, -0.1) is 0 Å². The average Bonchev–Trinajstić information content (AvgIpc) is 3.25. The Morgan fingerprint density at radius 2 is 1.09 bits per heavy atom. The Balaban J connectivity index is 1.32. The zero-order chi connectivity index (χ0) is 24.5. The Bertz CT molecular complexity index is 867. The third kappa shape index (κ3) is 2.64. The van der Waals surface area contributed by atoms with Crippen molar-refractivity contribution in [2.45, 2.75) is 86.5 Å². The first-order valence-corrected chi connectivity index (χ1v) is 12.3. The summed E-state index contributed by atoms with van der Waals surface area (Å²) in [6.07, 6.45) is 4.92. The molecule has 0 saturated heterocycles. The second-order valence-electron chi connectivity index (χ2n) is 12.4. The summed E-state index contributed by atoms with van der Waals surface area (Å²) in [4.78, 5) is 26.5. The molecule has 4 rings (SSSR count). The number of rotatable bonds is 6. The monoisotopic (exact) mass is 460 g/mol. The minimum Gasteiger partial charge on any atom is -0.411 e. The number of amides is 2. The molecule has 2 amide bonds. The molecular weight excluding hydrogens is 420 g/mol. The molecule has 4 N–H and O–H groups in total. The zero-order valence-corrected chi connectivity index (χ0v) is 21.0. The summed E-state index contributed by atoms with van der Waals surface area (Å²) in [5, 5.41) is 32.3. The largest absolute Gasteiger partial charge is 0.411 e. The van der Waals surface area contributed by atoms with Crippen LogP contribution in [0.1, 0.15) is 86.5 Å². The van der Waals surface area contributed by atoms with Crippen LogP contribution < -0.4 is 10.6 Å². The smallest absolute Gasteiger partial charge is 0.227 e. The summed E-state index contributed by atoms with van der Waals surface area (Å²) in [6.45, 7) is 13.6. The van der Waals surface area contributed by atoms with E-state index in [1.165, 1.54) is 0 Å². The maximum atomic E-state index is 13.3. The number of carbonyl (C=O) groups is 2. The molecule has 0 aromatic heterocycles. The number of nitrogens with zero attached hydrogens (tertiary/aromatic N) is 2. The van der Waals surface area contributed by atoms with Gasteiger partial charge < -0.3 is 21.0 Å². The molecule has 4 atom stereocenters. The molecule has 33 heavy (non-hydrogen) atoms. The van der Waals surface area contributed by atoms with Gasteiger partial charge in [0.1, 0.15) is 0 Å². The molecule has 0 radical (unpaired) electrons. The number of oxime groups is 2. The lowest BCUT2D eigenvalue weighted by Gasteiger charge is -2.39. The van der Waals surface area contributed by atoms with Gasteiger partial charge in [-0.3, -0.25) is 9.59 Å². The normalized spacial score (nSPS) is 42.2. The van der Waals surface area contributed by atoms with E-state index in [-0.39, 0.29) is 33.5 Å². The van der Waals surface area contributed by atoms with Crippen LogP contribution in [0.2, 0.25) is 0 Å². The second-order valence-corrected chi connectivity index (χ2v) is 12.4. The topological polar surface area (TPSA) is 123 Å². The molecule has 8 heteroatoms. The summed E-state index contributed by atoms with van der Waals surface area (Å²) in [5.74, 6) is 0.0409. The number of hydrogen-bond acceptors (Lipinski definition) is 6. The van der Waals surface area contributed by atoms with Crippen LogP contribution in [0, 0.1) is 32.5 Å². The minimum atomic E-state index is -0.548. The molecule has 184 valence electrons. The molecular formula is C25H40N4O4. The standard InChI is InChI=1S/C25H40N4O4/c1-20(2)22(5)8-10-24(20,14-16(22)28-32)18(30)26-12-7-13-27-19(31)25-11-9-23(6,21(25,3)4)17(15-25)29-33/h32-33H,7-15H2,1-6H3,(H,26,30)(H,27,31). The van der Waals surface area contributed by atoms with Crippen LogP contribution in [-0.2, 0) is 9.59 Å². The van der Waals surface area contributed by atoms with Crippen LogP contribution in [0.3, 0.4) is 0 Å². The highest BCUT2D eigenvalue weighted by Crippen LogP contribution is 2.72. The summed E-state index contributed by atoms with van der Waals surface area (Å²) >= 11 is 0. The van der Waals surface area contributed by atoms with E-state index in [1.54, 1.807) is 0 Å². The van der Waals surface area contributed by atoms with Gasteiger partial charge in [-0.05, 0) is 42.9 Å². The molecule has 0 aromatic carbocycles. The summed E-state index contributed by atoms with van der Waals surface area (Å²) in [6, 6.07) is 0. The number of fused-ring (bicyclic) bond motifs is 4. The highest BCUT2D eigenvalue weighted by molar-refractivity contribution is 6.03. The predicted octanol–water partition coefficient (Wildman–Crippen LogP) is 3.70. The van der Waals surface area contributed by atoms with Crippen molar-refractivity contribution < 1.29 is 20.0 Å². The van der Waals surface area contributed by atoms with Crippen LogP contribution in [-0.4, -0.2) is 46.7 Å². The molecule has 0 spiro atoms. The molecule has 0 aromatic rings. The lowest BCUT2D eigenvalue weighted by Crippen LogP contribution is -2.48. The van der Waals surface area contributed by atoms with E-state index >= 15 is 0 Å². The van der Waals surface area contributed by atoms with Crippen LogP contribution in [0.5, 0.6) is 0 Å². The number of carbonyl (C=O) groups excluding carboxylic acids is 2. The first-order valence-electron chi connectivity index (χ1n) is 12.3. The Morgan fingerprint density at radius 1 is 0.727 bits per heavy atom. The highest BCUT2D eigenvalue weighted by Gasteiger charge is 2.72. The van der Waals surface area contributed by atoms with Crippen molar-refractivity contribution in [2.75, 3.05) is 13.1 Å². The van der Waals surface area contributed by atoms with Crippen molar-refractivity contribution in [2.24, 2.45) is 42.8 Å². The minimum absolute atomic E-state index is 0.0204. The van der Waals surface area contributed by atoms with Gasteiger partial charge in [0, 0.05) is 36.8 Å². The quantitative estimate of drug-likeness (QED) is 0.274. The summed E-state index contributed by atoms with van der Waals surface area (Å²) < 4.78 is 0. The van der Waals surface area contributed by atoms with Gasteiger partial charge in [0.05, 0.1) is 22.3 Å². The highest BCUT2D eigenvalue weighted by atomic mass is 16.4. The lowest BCUT2D eigenvalue weighted by atomic mass is 9.64. The average molecular weight is 461 g/mol. The molecule has 8 nitrogen and oxygen atoms in total. The molecule has 0 aliphatic heterocycles. The van der Waals surface area contributed by atoms with E-state index in [0.29, 0.717) is 32.4 Å². The maximum absolute atomic E-state index is 13.3. The fraction of sp³-hybridized carbons (Fsp3) is 0.840. The third-order valence-electron chi connectivity index (χ3n) is 11.5. The first-order chi connectivity index (χ1) is 15.3. The Labute approximate surface area is 196 Å². The van der Waals surface area contributed by atoms with Gasteiger partial charge in [0.15, 0.2) is 0 Å². The lowest BCUT2D eigenvalue weighted by molar-refractivity contribution is -0.136. The number of nitrogens with one attached hydrogen (secondary N) is 2. The first kappa shape index (κ1) is 24.0. The van der Waals surface area contributed by atoms with Crippen LogP contribution in [0.15, 0.2) is 10.3 Å². The third-order valence-corrected chi connectivity index (χ3v) is 11.5. The van der Waals surface area contributed by atoms with E-state index in [1.807, 2.05) is 0 Å². The van der Waals surface area contributed by atoms with Crippen molar-refractivity contribution >= 4 is 23.2 Å². The van der Waals surface area contributed by atoms with E-state index in [9.17, 15) is 20.0 Å². The SMILES string of the molecule is CC12CCC(C(=O)NCCCNC(=O)C34CCC(C)(C(=NO)C3)C4(C)C)(CC1=NO)C2(C)C. The van der Waals surface area contributed by atoms with Crippen LogP contribution in [0.25, 0.3) is 0 Å². The van der Waals surface area contributed by atoms with E-state index in [0.717, 1.165) is 37.1 Å². The van der Waals surface area contributed by atoms with Crippen molar-refractivity contribution in [1.82, 2.24) is 10.6 Å². The second kappa shape index (κ2) is 7.19. The molecule has 4 aliphatic carbocycles. The fourth-order valence-electron chi connectivity index (χ4n) is 7.90. The van der Waals surface area contributed by atoms with Gasteiger partial charge >= 0.3 is 0 Å². The number of hydrogen-bond donors (Lipinski definition) is 4. The Morgan fingerprint density at radius 3 is 1.39 bits per heavy atom. The van der Waals surface area contributed by atoms with Crippen molar-refractivity contribution in [1.29, 1.82) is 0 Å². The van der Waals surface area contributed by atoms with E-state index < -0.39 is 10.8 Å². The van der Waals surface area contributed by atoms with Crippen LogP contribution in [0.4, 0.5) is 0 Å². The fourth-order valence-corrected chi connectivity index (χ4v) is 7.90. The predicted molar refractivity (Wildman–Crippen MR) is 125 cm³/mol. The Hall–Kier alpha value is -2.12. The molecule has 4 saturated carbocycles. The van der Waals surface area contributed by atoms with Crippen molar-refractivity contribution in [3.63, 3.8) is 0 Å². The zero-order valence-electron chi connectivity index (χ0n) is 21.0.